The molecule has 0 radical (unpaired) electrons. The minimum Gasteiger partial charge on any atom is -0.147 e. The first kappa shape index (κ1) is 15.8. The lowest BCUT2D eigenvalue weighted by molar-refractivity contribution is 1.40. The predicted octanol–water partition coefficient (Wildman–Crippen LogP) is 4.74. The molecule has 0 fully saturated rings. The van der Waals surface area contributed by atoms with Crippen molar-refractivity contribution in [2.75, 3.05) is 0 Å². The first-order valence-electron chi connectivity index (χ1n) is 6.85. The molecule has 0 bridgehead atoms. The Morgan fingerprint density at radius 1 is 0.524 bits per heavy atom. The van der Waals surface area contributed by atoms with Gasteiger partial charge in [0.05, 0.1) is 0 Å². The Labute approximate surface area is 134 Å². The lowest BCUT2D eigenvalue weighted by Gasteiger charge is -2.18. The molecule has 0 atom stereocenters. The molecule has 3 rings (SSSR count). The van der Waals surface area contributed by atoms with Crippen molar-refractivity contribution in [3.63, 3.8) is 0 Å². The van der Waals surface area contributed by atoms with Crippen LogP contribution in [0.3, 0.4) is 0 Å². The van der Waals surface area contributed by atoms with Crippen LogP contribution >= 0.6 is 20.3 Å². The van der Waals surface area contributed by atoms with Gasteiger partial charge in [-0.1, -0.05) is 91.0 Å². The summed E-state index contributed by atoms with van der Waals surface area (Å²) in [5.41, 5.74) is 1.41. The molecule has 0 saturated heterocycles. The molecule has 0 unspecified atom stereocenters. The molecule has 3 aromatic rings. The van der Waals surface area contributed by atoms with Crippen LogP contribution in [0.1, 0.15) is 5.56 Å². The first-order valence-corrected chi connectivity index (χ1v) is 8.38. The third-order valence-corrected chi connectivity index (χ3v) is 5.84. The maximum Gasteiger partial charge on any atom is 0.000743 e. The van der Waals surface area contributed by atoms with Crippen LogP contribution in [0.15, 0.2) is 91.0 Å². The second kappa shape index (κ2) is 7.98. The van der Waals surface area contributed by atoms with Crippen LogP contribution in [0.4, 0.5) is 0 Å². The Balaban J connectivity index is 0.00000161. The standard InChI is InChI=1S/C19H17P.ClH/c1-4-10-17(11-5-1)16-20(18-12-6-2-7-13-18)19-14-8-3-9-15-19;/h1-15H,16H2;1H. The van der Waals surface area contributed by atoms with Crippen molar-refractivity contribution in [3.8, 4) is 0 Å². The predicted molar refractivity (Wildman–Crippen MR) is 96.5 cm³/mol. The third-order valence-electron chi connectivity index (χ3n) is 3.32. The van der Waals surface area contributed by atoms with Gasteiger partial charge >= 0.3 is 0 Å². The topological polar surface area (TPSA) is 0 Å². The van der Waals surface area contributed by atoms with E-state index in [1.54, 1.807) is 0 Å². The highest BCUT2D eigenvalue weighted by Crippen LogP contribution is 2.37. The summed E-state index contributed by atoms with van der Waals surface area (Å²) in [5, 5.41) is 2.88. The maximum atomic E-state index is 2.25. The van der Waals surface area contributed by atoms with E-state index in [4.69, 9.17) is 0 Å². The van der Waals surface area contributed by atoms with Gasteiger partial charge in [-0.05, 0) is 24.1 Å². The summed E-state index contributed by atoms with van der Waals surface area (Å²) < 4.78 is 0. The summed E-state index contributed by atoms with van der Waals surface area (Å²) in [6.45, 7) is 0. The lowest BCUT2D eigenvalue weighted by atomic mass is 10.2. The van der Waals surface area contributed by atoms with E-state index < -0.39 is 0 Å². The number of hydrogen-bond donors (Lipinski definition) is 0. The van der Waals surface area contributed by atoms with E-state index in [0.717, 1.165) is 6.16 Å². The normalized spacial score (nSPS) is 10.1. The van der Waals surface area contributed by atoms with Gasteiger partial charge in [-0.3, -0.25) is 0 Å². The van der Waals surface area contributed by atoms with Gasteiger partial charge in [0.15, 0.2) is 0 Å². The summed E-state index contributed by atoms with van der Waals surface area (Å²) >= 11 is 0. The van der Waals surface area contributed by atoms with Crippen LogP contribution in [0.5, 0.6) is 0 Å². The second-order valence-corrected chi connectivity index (χ2v) is 6.95. The molecule has 106 valence electrons. The fraction of sp³-hybridized carbons (Fsp3) is 0.0526. The zero-order valence-electron chi connectivity index (χ0n) is 11.7. The zero-order chi connectivity index (χ0) is 13.6. The van der Waals surface area contributed by atoms with Crippen LogP contribution in [0, 0.1) is 0 Å². The van der Waals surface area contributed by atoms with Gasteiger partial charge in [0.2, 0.25) is 0 Å². The third kappa shape index (κ3) is 4.17. The van der Waals surface area contributed by atoms with E-state index in [-0.39, 0.29) is 20.3 Å². The molecule has 0 aliphatic carbocycles. The highest BCUT2D eigenvalue weighted by molar-refractivity contribution is 7.72. The summed E-state index contributed by atoms with van der Waals surface area (Å²) in [6.07, 6.45) is 1.10. The average Bonchev–Trinajstić information content (AvgIpc) is 2.55. The molecular formula is C19H18ClP. The molecule has 0 amide bonds. The maximum absolute atomic E-state index is 2.25. The molecule has 2 heteroatoms. The van der Waals surface area contributed by atoms with Gasteiger partial charge in [0.25, 0.3) is 0 Å². The Morgan fingerprint density at radius 2 is 0.905 bits per heavy atom. The van der Waals surface area contributed by atoms with Gasteiger partial charge < -0.3 is 0 Å². The van der Waals surface area contributed by atoms with Crippen LogP contribution in [-0.2, 0) is 6.16 Å². The minimum atomic E-state index is -0.327. The van der Waals surface area contributed by atoms with Crippen LogP contribution < -0.4 is 10.6 Å². The Morgan fingerprint density at radius 3 is 1.33 bits per heavy atom. The van der Waals surface area contributed by atoms with E-state index in [1.807, 2.05) is 0 Å². The van der Waals surface area contributed by atoms with Crippen LogP contribution in [0.25, 0.3) is 0 Å². The van der Waals surface area contributed by atoms with Crippen molar-refractivity contribution in [2.45, 2.75) is 6.16 Å². The van der Waals surface area contributed by atoms with Gasteiger partial charge in [-0.25, -0.2) is 0 Å². The van der Waals surface area contributed by atoms with Crippen molar-refractivity contribution >= 4 is 30.9 Å². The Kier molecular flexibility index (Phi) is 5.99. The van der Waals surface area contributed by atoms with Gasteiger partial charge in [-0.15, -0.1) is 12.4 Å². The summed E-state index contributed by atoms with van der Waals surface area (Å²) in [5.74, 6) is 0. The van der Waals surface area contributed by atoms with Crippen LogP contribution in [-0.4, -0.2) is 0 Å². The quantitative estimate of drug-likeness (QED) is 0.610. The molecule has 0 aromatic heterocycles. The van der Waals surface area contributed by atoms with E-state index in [0.29, 0.717) is 0 Å². The summed E-state index contributed by atoms with van der Waals surface area (Å²) in [4.78, 5) is 0. The van der Waals surface area contributed by atoms with E-state index >= 15 is 0 Å². The van der Waals surface area contributed by atoms with Crippen LogP contribution in [0.2, 0.25) is 0 Å². The highest BCUT2D eigenvalue weighted by atomic mass is 35.5. The summed E-state index contributed by atoms with van der Waals surface area (Å²) in [7, 11) is -0.327. The largest absolute Gasteiger partial charge is 0.147 e. The van der Waals surface area contributed by atoms with Crippen molar-refractivity contribution in [1.82, 2.24) is 0 Å². The van der Waals surface area contributed by atoms with Crippen molar-refractivity contribution in [1.29, 1.82) is 0 Å². The summed E-state index contributed by atoms with van der Waals surface area (Å²) in [6, 6.07) is 32.5. The molecule has 3 aromatic carbocycles. The van der Waals surface area contributed by atoms with Gasteiger partial charge in [0.1, 0.15) is 0 Å². The highest BCUT2D eigenvalue weighted by Gasteiger charge is 2.13. The number of rotatable bonds is 4. The molecule has 0 saturated carbocycles. The lowest BCUT2D eigenvalue weighted by Crippen LogP contribution is -2.12. The number of hydrogen-bond acceptors (Lipinski definition) is 0. The number of benzene rings is 3. The smallest absolute Gasteiger partial charge is 0.000743 e. The molecule has 0 aliphatic heterocycles. The average molecular weight is 313 g/mol. The van der Waals surface area contributed by atoms with E-state index in [9.17, 15) is 0 Å². The molecule has 0 N–H and O–H groups in total. The van der Waals surface area contributed by atoms with E-state index in [2.05, 4.69) is 91.0 Å². The second-order valence-electron chi connectivity index (χ2n) is 4.74. The molecule has 0 heterocycles. The molecule has 0 nitrogen and oxygen atoms in total. The SMILES string of the molecule is Cl.c1ccc(CP(c2ccccc2)c2ccccc2)cc1. The molecule has 21 heavy (non-hydrogen) atoms. The molecular weight excluding hydrogens is 295 g/mol. The van der Waals surface area contributed by atoms with Crippen molar-refractivity contribution in [3.05, 3.63) is 96.6 Å². The van der Waals surface area contributed by atoms with Crippen molar-refractivity contribution in [2.24, 2.45) is 0 Å². The molecule has 0 aliphatic rings. The zero-order valence-corrected chi connectivity index (χ0v) is 13.4. The van der Waals surface area contributed by atoms with E-state index in [1.165, 1.54) is 16.2 Å². The minimum absolute atomic E-state index is 0. The van der Waals surface area contributed by atoms with Gasteiger partial charge in [0, 0.05) is 6.16 Å². The number of halogens is 1. The Hall–Kier alpha value is -1.62. The van der Waals surface area contributed by atoms with Gasteiger partial charge in [-0.2, -0.15) is 0 Å². The van der Waals surface area contributed by atoms with Crippen molar-refractivity contribution < 1.29 is 0 Å². The fourth-order valence-corrected chi connectivity index (χ4v) is 4.62. The Bertz CT molecular complexity index is 599. The monoisotopic (exact) mass is 312 g/mol. The molecule has 0 spiro atoms. The first-order chi connectivity index (χ1) is 9.93. The fourth-order valence-electron chi connectivity index (χ4n) is 2.31.